The van der Waals surface area contributed by atoms with Crippen LogP contribution in [0.25, 0.3) is 40.5 Å². The summed E-state index contributed by atoms with van der Waals surface area (Å²) in [4.78, 5) is 15.3. The molecule has 1 N–H and O–H groups in total. The van der Waals surface area contributed by atoms with Crippen molar-refractivity contribution in [1.29, 1.82) is 0 Å². The van der Waals surface area contributed by atoms with Crippen molar-refractivity contribution in [2.75, 3.05) is 33.1 Å². The Morgan fingerprint density at radius 1 is 0.881 bits per heavy atom. The lowest BCUT2D eigenvalue weighted by molar-refractivity contribution is -0.113. The molecular weight excluding hydrogens is 524 g/mol. The topological polar surface area (TPSA) is 65.9 Å². The van der Waals surface area contributed by atoms with E-state index in [2.05, 4.69) is 12.1 Å². The predicted molar refractivity (Wildman–Crippen MR) is 167 cm³/mol. The molecule has 3 aromatic rings. The molecule has 2 aliphatic carbocycles. The summed E-state index contributed by atoms with van der Waals surface area (Å²) in [5.74, 6) is 2.05. The number of anilines is 1. The van der Waals surface area contributed by atoms with E-state index in [0.717, 1.165) is 55.1 Å². The van der Waals surface area contributed by atoms with Gasteiger partial charge in [-0.05, 0) is 65.4 Å². The number of aliphatic hydroxyl groups is 1. The van der Waals surface area contributed by atoms with E-state index in [1.165, 1.54) is 0 Å². The molecule has 206 valence electrons. The molecule has 0 bridgehead atoms. The van der Waals surface area contributed by atoms with Crippen molar-refractivity contribution >= 4 is 40.7 Å². The number of rotatable bonds is 3. The molecule has 42 heavy (non-hydrogen) atoms. The van der Waals surface area contributed by atoms with E-state index in [9.17, 15) is 9.90 Å². The number of benzene rings is 4. The summed E-state index contributed by atoms with van der Waals surface area (Å²) in [6.07, 6.45) is 5.53. The van der Waals surface area contributed by atoms with E-state index in [1.807, 2.05) is 110 Å². The van der Waals surface area contributed by atoms with Gasteiger partial charge in [-0.25, -0.2) is 4.58 Å². The smallest absolute Gasteiger partial charge is 0.203 e. The van der Waals surface area contributed by atoms with E-state index in [1.54, 1.807) is 12.2 Å². The summed E-state index contributed by atoms with van der Waals surface area (Å²) in [7, 11) is 7.97. The van der Waals surface area contributed by atoms with Crippen LogP contribution in [0.15, 0.2) is 100 Å². The predicted octanol–water partition coefficient (Wildman–Crippen LogP) is 4.83. The number of ether oxygens (including phenoxy) is 1. The Kier molecular flexibility index (Phi) is 5.87. The highest BCUT2D eigenvalue weighted by Crippen LogP contribution is 2.35. The van der Waals surface area contributed by atoms with E-state index in [-0.39, 0.29) is 22.7 Å². The maximum Gasteiger partial charge on any atom is 0.203 e. The minimum Gasteiger partial charge on any atom is -0.506 e. The van der Waals surface area contributed by atoms with Crippen LogP contribution in [0.1, 0.15) is 11.1 Å². The molecule has 3 aromatic carbocycles. The Labute approximate surface area is 242 Å². The van der Waals surface area contributed by atoms with Gasteiger partial charge in [-0.2, -0.15) is 0 Å². The van der Waals surface area contributed by atoms with E-state index in [4.69, 9.17) is 9.15 Å². The number of nitrogens with zero attached hydrogens (tertiary/aromatic N) is 2. The Bertz CT molecular complexity index is 2190. The molecule has 7 rings (SSSR count). The first-order valence-electron chi connectivity index (χ1n) is 13.8. The Hall–Kier alpha value is -5.36. The summed E-state index contributed by atoms with van der Waals surface area (Å²) in [6, 6.07) is 25.7. The fourth-order valence-corrected chi connectivity index (χ4v) is 5.45. The third kappa shape index (κ3) is 4.20. The van der Waals surface area contributed by atoms with Crippen LogP contribution < -0.4 is 30.0 Å². The van der Waals surface area contributed by atoms with Crippen molar-refractivity contribution in [1.82, 2.24) is 4.58 Å². The summed E-state index contributed by atoms with van der Waals surface area (Å²) in [6.45, 7) is 0. The highest BCUT2D eigenvalue weighted by molar-refractivity contribution is 6.26. The third-order valence-electron chi connectivity index (χ3n) is 7.87. The first kappa shape index (κ1) is 25.6. The number of fused-ring (bicyclic) bond motifs is 4. The van der Waals surface area contributed by atoms with E-state index >= 15 is 0 Å². The lowest BCUT2D eigenvalue weighted by Gasteiger charge is -2.20. The number of carbonyl (C=O) groups is 1. The SMILES string of the molecule is CN(C)c1ccc2c(c1)Oc1ccc/c(=C/C3=C(O)C(=C/c4cccc5oc6cc(=[N+](C)C)ccc-6cc45)/C3=O)c1=C2. The number of hydrogen-bond acceptors (Lipinski definition) is 5. The van der Waals surface area contributed by atoms with Crippen molar-refractivity contribution in [3.8, 4) is 22.8 Å². The van der Waals surface area contributed by atoms with Crippen LogP contribution >= 0.6 is 0 Å². The van der Waals surface area contributed by atoms with Gasteiger partial charge in [-0.1, -0.05) is 24.3 Å². The number of allylic oxidation sites excluding steroid dienone is 2. The zero-order valence-corrected chi connectivity index (χ0v) is 23.8. The third-order valence-corrected chi connectivity index (χ3v) is 7.87. The van der Waals surface area contributed by atoms with Crippen molar-refractivity contribution < 1.29 is 19.1 Å². The molecule has 0 aromatic heterocycles. The molecule has 6 heteroatoms. The van der Waals surface area contributed by atoms with Gasteiger partial charge in [-0.3, -0.25) is 4.79 Å². The molecule has 0 fully saturated rings. The number of ketones is 1. The average molecular weight is 554 g/mol. The molecular formula is C36H29N2O4+. The van der Waals surface area contributed by atoms with Gasteiger partial charge in [-0.15, -0.1) is 0 Å². The summed E-state index contributed by atoms with van der Waals surface area (Å²) in [5, 5.41) is 14.6. The molecule has 0 saturated carbocycles. The standard InChI is InChI=1S/C36H28N2O4/c1-37(2)25-13-11-23-17-27-21(7-5-9-31(27)41-33(23)19-25)15-29-35(39)30(36(29)40)16-22-8-6-10-32-28(22)18-24-12-14-26(38(3)4)20-34(24)42-32/h5-20H,1-4H3/p+1. The van der Waals surface area contributed by atoms with Crippen LogP contribution in [0.2, 0.25) is 0 Å². The molecule has 0 amide bonds. The monoisotopic (exact) mass is 553 g/mol. The minimum atomic E-state index is -0.205. The Balaban J connectivity index is 1.29. The van der Waals surface area contributed by atoms with E-state index in [0.29, 0.717) is 11.3 Å². The van der Waals surface area contributed by atoms with Gasteiger partial charge in [0.15, 0.2) is 0 Å². The van der Waals surface area contributed by atoms with Crippen LogP contribution in [-0.4, -0.2) is 39.1 Å². The Morgan fingerprint density at radius 2 is 1.71 bits per heavy atom. The summed E-state index contributed by atoms with van der Waals surface area (Å²) in [5.41, 5.74) is 5.04. The van der Waals surface area contributed by atoms with Crippen LogP contribution in [0.4, 0.5) is 5.69 Å². The number of hydrogen-bond donors (Lipinski definition) is 1. The molecule has 4 aliphatic rings. The molecule has 0 unspecified atom stereocenters. The second-order valence-electron chi connectivity index (χ2n) is 11.0. The molecule has 0 spiro atoms. The average Bonchev–Trinajstić information content (AvgIpc) is 2.99. The largest absolute Gasteiger partial charge is 0.506 e. The van der Waals surface area contributed by atoms with Crippen LogP contribution in [0.5, 0.6) is 11.5 Å². The molecule has 2 heterocycles. The molecule has 2 aliphatic heterocycles. The highest BCUT2D eigenvalue weighted by atomic mass is 16.5. The first-order chi connectivity index (χ1) is 20.3. The number of carbonyl (C=O) groups excluding carboxylic acids is 1. The normalized spacial score (nSPS) is 15.3. The summed E-state index contributed by atoms with van der Waals surface area (Å²) >= 11 is 0. The van der Waals surface area contributed by atoms with Crippen molar-refractivity contribution in [3.63, 3.8) is 0 Å². The van der Waals surface area contributed by atoms with Gasteiger partial charge in [0, 0.05) is 53.6 Å². The van der Waals surface area contributed by atoms with Gasteiger partial charge in [0.1, 0.15) is 42.7 Å². The first-order valence-corrected chi connectivity index (χ1v) is 13.8. The minimum absolute atomic E-state index is 0.0179. The number of aliphatic hydroxyl groups excluding tert-OH is 1. The van der Waals surface area contributed by atoms with Crippen molar-refractivity contribution in [3.05, 3.63) is 123 Å². The zero-order valence-electron chi connectivity index (χ0n) is 23.8. The van der Waals surface area contributed by atoms with Gasteiger partial charge in [0.25, 0.3) is 0 Å². The maximum atomic E-state index is 13.3. The van der Waals surface area contributed by atoms with Crippen LogP contribution in [0, 0.1) is 0 Å². The fourth-order valence-electron chi connectivity index (χ4n) is 5.45. The lowest BCUT2D eigenvalue weighted by Crippen LogP contribution is -2.30. The number of Topliss-reactive ketones (excluding diaryl/α,β-unsaturated/α-hetero) is 1. The van der Waals surface area contributed by atoms with Gasteiger partial charge in [0.2, 0.25) is 11.1 Å². The lowest BCUT2D eigenvalue weighted by atomic mass is 9.85. The molecule has 0 radical (unpaired) electrons. The Morgan fingerprint density at radius 3 is 2.50 bits per heavy atom. The van der Waals surface area contributed by atoms with Crippen LogP contribution in [-0.2, 0) is 4.79 Å². The van der Waals surface area contributed by atoms with Crippen molar-refractivity contribution in [2.45, 2.75) is 0 Å². The second-order valence-corrected chi connectivity index (χ2v) is 11.0. The quantitative estimate of drug-likeness (QED) is 0.193. The van der Waals surface area contributed by atoms with Crippen LogP contribution in [0.3, 0.4) is 0 Å². The van der Waals surface area contributed by atoms with Gasteiger partial charge < -0.3 is 19.2 Å². The molecule has 0 saturated heterocycles. The van der Waals surface area contributed by atoms with E-state index < -0.39 is 0 Å². The second kappa shape index (κ2) is 9.63. The maximum absolute atomic E-state index is 13.3. The molecule has 6 nitrogen and oxygen atoms in total. The zero-order chi connectivity index (χ0) is 29.1. The van der Waals surface area contributed by atoms with Crippen molar-refractivity contribution in [2.24, 2.45) is 0 Å². The highest BCUT2D eigenvalue weighted by Gasteiger charge is 2.32. The fraction of sp³-hybridized carbons (Fsp3) is 0.111. The summed E-state index contributed by atoms with van der Waals surface area (Å²) < 4.78 is 14.5. The van der Waals surface area contributed by atoms with Gasteiger partial charge in [0.05, 0.1) is 17.2 Å². The molecule has 0 atom stereocenters. The van der Waals surface area contributed by atoms with Gasteiger partial charge >= 0.3 is 0 Å².